The van der Waals surface area contributed by atoms with E-state index >= 15 is 0 Å². The van der Waals surface area contributed by atoms with Crippen molar-refractivity contribution >= 4 is 11.9 Å². The molecule has 0 atom stereocenters. The van der Waals surface area contributed by atoms with Crippen molar-refractivity contribution < 1.29 is 19.8 Å². The van der Waals surface area contributed by atoms with E-state index in [9.17, 15) is 0 Å². The van der Waals surface area contributed by atoms with Gasteiger partial charge >= 0.3 is 11.9 Å². The number of pyridine rings is 1. The van der Waals surface area contributed by atoms with Crippen LogP contribution in [0.5, 0.6) is 0 Å². The van der Waals surface area contributed by atoms with E-state index in [-0.39, 0.29) is 0 Å². The van der Waals surface area contributed by atoms with Crippen molar-refractivity contribution in [3.8, 4) is 0 Å². The van der Waals surface area contributed by atoms with Crippen molar-refractivity contribution in [2.24, 2.45) is 5.92 Å². The van der Waals surface area contributed by atoms with Gasteiger partial charge in [-0.25, -0.2) is 9.59 Å². The van der Waals surface area contributed by atoms with Crippen molar-refractivity contribution in [3.05, 3.63) is 30.1 Å². The molecule has 0 spiro atoms. The van der Waals surface area contributed by atoms with Gasteiger partial charge in [-0.1, -0.05) is 13.0 Å². The second-order valence-electron chi connectivity index (χ2n) is 4.93. The normalized spacial score (nSPS) is 16.1. The number of carboxylic acids is 2. The summed E-state index contributed by atoms with van der Waals surface area (Å²) < 4.78 is 0. The Labute approximate surface area is 118 Å². The molecule has 2 rings (SSSR count). The molecule has 0 bridgehead atoms. The molecule has 0 aliphatic carbocycles. The van der Waals surface area contributed by atoms with E-state index in [0.717, 1.165) is 12.5 Å². The zero-order valence-corrected chi connectivity index (χ0v) is 11.5. The molecule has 1 aliphatic heterocycles. The molecule has 1 aromatic rings. The van der Waals surface area contributed by atoms with E-state index in [1.54, 1.807) is 0 Å². The van der Waals surface area contributed by atoms with Crippen molar-refractivity contribution in [1.29, 1.82) is 0 Å². The summed E-state index contributed by atoms with van der Waals surface area (Å²) in [6.45, 7) is 5.91. The highest BCUT2D eigenvalue weighted by molar-refractivity contribution is 6.27. The first-order chi connectivity index (χ1) is 9.49. The maximum Gasteiger partial charge on any atom is 0.414 e. The van der Waals surface area contributed by atoms with E-state index in [1.807, 2.05) is 18.5 Å². The van der Waals surface area contributed by atoms with Gasteiger partial charge in [0.05, 0.1) is 0 Å². The van der Waals surface area contributed by atoms with Gasteiger partial charge in [0, 0.05) is 18.9 Å². The Kier molecular flexibility index (Phi) is 6.66. The summed E-state index contributed by atoms with van der Waals surface area (Å²) >= 11 is 0. The van der Waals surface area contributed by atoms with Gasteiger partial charge in [-0.2, -0.15) is 0 Å². The quantitative estimate of drug-likeness (QED) is 0.797. The summed E-state index contributed by atoms with van der Waals surface area (Å²) in [4.78, 5) is 24.9. The summed E-state index contributed by atoms with van der Waals surface area (Å²) in [5.41, 5.74) is 1.34. The average molecular weight is 280 g/mol. The smallest absolute Gasteiger partial charge is 0.414 e. The van der Waals surface area contributed by atoms with Crippen molar-refractivity contribution in [2.45, 2.75) is 26.3 Å². The molecule has 1 fully saturated rings. The molecule has 2 N–H and O–H groups in total. The Balaban J connectivity index is 0.000000286. The fourth-order valence-electron chi connectivity index (χ4n) is 1.97. The van der Waals surface area contributed by atoms with Gasteiger partial charge in [0.1, 0.15) is 0 Å². The molecule has 6 heteroatoms. The van der Waals surface area contributed by atoms with Gasteiger partial charge in [-0.05, 0) is 43.5 Å². The van der Waals surface area contributed by atoms with Gasteiger partial charge in [-0.15, -0.1) is 0 Å². The van der Waals surface area contributed by atoms with E-state index in [4.69, 9.17) is 19.8 Å². The molecule has 0 radical (unpaired) electrons. The first-order valence-corrected chi connectivity index (χ1v) is 6.56. The highest BCUT2D eigenvalue weighted by atomic mass is 16.4. The van der Waals surface area contributed by atoms with Gasteiger partial charge in [-0.3, -0.25) is 9.88 Å². The Morgan fingerprint density at radius 3 is 2.35 bits per heavy atom. The highest BCUT2D eigenvalue weighted by Crippen LogP contribution is 2.17. The van der Waals surface area contributed by atoms with Crippen LogP contribution in [-0.2, 0) is 16.1 Å². The fourth-order valence-corrected chi connectivity index (χ4v) is 1.97. The second-order valence-corrected chi connectivity index (χ2v) is 4.93. The minimum absolute atomic E-state index is 0.917. The maximum atomic E-state index is 9.10. The van der Waals surface area contributed by atoms with E-state index in [2.05, 4.69) is 22.9 Å². The SMILES string of the molecule is CC1CCN(Cc2cccnc2)CC1.O=C(O)C(=O)O. The third kappa shape index (κ3) is 6.29. The van der Waals surface area contributed by atoms with E-state index < -0.39 is 11.9 Å². The molecule has 2 heterocycles. The highest BCUT2D eigenvalue weighted by Gasteiger charge is 2.15. The molecule has 0 amide bonds. The van der Waals surface area contributed by atoms with Crippen LogP contribution in [0.4, 0.5) is 0 Å². The molecule has 0 saturated carbocycles. The predicted octanol–water partition coefficient (Wildman–Crippen LogP) is 1.47. The summed E-state index contributed by atoms with van der Waals surface area (Å²) in [6, 6.07) is 4.17. The number of hydrogen-bond acceptors (Lipinski definition) is 4. The van der Waals surface area contributed by atoms with Gasteiger partial charge in [0.25, 0.3) is 0 Å². The zero-order valence-electron chi connectivity index (χ0n) is 11.5. The number of hydrogen-bond donors (Lipinski definition) is 2. The Bertz CT molecular complexity index is 416. The maximum absolute atomic E-state index is 9.10. The molecule has 0 unspecified atom stereocenters. The minimum Gasteiger partial charge on any atom is -0.473 e. The average Bonchev–Trinajstić information content (AvgIpc) is 2.43. The standard InChI is InChI=1S/C12H18N2.C2H2O4/c1-11-4-7-14(8-5-11)10-12-3-2-6-13-9-12;3-1(4)2(5)6/h2-3,6,9,11H,4-5,7-8,10H2,1H3;(H,3,4)(H,5,6). The van der Waals surface area contributed by atoms with Crippen LogP contribution in [0.25, 0.3) is 0 Å². The van der Waals surface area contributed by atoms with Crippen molar-refractivity contribution in [1.82, 2.24) is 9.88 Å². The van der Waals surface area contributed by atoms with E-state index in [1.165, 1.54) is 31.5 Å². The van der Waals surface area contributed by atoms with Crippen LogP contribution >= 0.6 is 0 Å². The number of carboxylic acid groups (broad SMARTS) is 2. The number of aliphatic carboxylic acids is 2. The monoisotopic (exact) mass is 280 g/mol. The van der Waals surface area contributed by atoms with Gasteiger partial charge in [0.15, 0.2) is 0 Å². The molecule has 20 heavy (non-hydrogen) atoms. The summed E-state index contributed by atoms with van der Waals surface area (Å²) in [6.07, 6.45) is 6.50. The lowest BCUT2D eigenvalue weighted by molar-refractivity contribution is -0.159. The largest absolute Gasteiger partial charge is 0.473 e. The first kappa shape index (κ1) is 16.1. The molecular weight excluding hydrogens is 260 g/mol. The van der Waals surface area contributed by atoms with Crippen LogP contribution < -0.4 is 0 Å². The van der Waals surface area contributed by atoms with Crippen LogP contribution in [0, 0.1) is 5.92 Å². The lowest BCUT2D eigenvalue weighted by Crippen LogP contribution is -2.32. The summed E-state index contributed by atoms with van der Waals surface area (Å²) in [7, 11) is 0. The minimum atomic E-state index is -1.82. The van der Waals surface area contributed by atoms with Crippen molar-refractivity contribution in [3.63, 3.8) is 0 Å². The molecule has 6 nitrogen and oxygen atoms in total. The number of likely N-dealkylation sites (tertiary alicyclic amines) is 1. The van der Waals surface area contributed by atoms with Crippen LogP contribution in [0.2, 0.25) is 0 Å². The van der Waals surface area contributed by atoms with Crippen LogP contribution in [-0.4, -0.2) is 45.1 Å². The Morgan fingerprint density at radius 1 is 1.30 bits per heavy atom. The van der Waals surface area contributed by atoms with Gasteiger partial charge in [0.2, 0.25) is 0 Å². The van der Waals surface area contributed by atoms with Crippen LogP contribution in [0.3, 0.4) is 0 Å². The first-order valence-electron chi connectivity index (χ1n) is 6.56. The third-order valence-corrected chi connectivity index (χ3v) is 3.19. The predicted molar refractivity (Wildman–Crippen MR) is 73.2 cm³/mol. The lowest BCUT2D eigenvalue weighted by atomic mass is 9.99. The molecular formula is C14H20N2O4. The number of piperidine rings is 1. The van der Waals surface area contributed by atoms with Gasteiger partial charge < -0.3 is 10.2 Å². The number of aromatic nitrogens is 1. The second kappa shape index (κ2) is 8.27. The van der Waals surface area contributed by atoms with Crippen LogP contribution in [0.15, 0.2) is 24.5 Å². The topological polar surface area (TPSA) is 90.7 Å². The molecule has 1 saturated heterocycles. The van der Waals surface area contributed by atoms with Crippen molar-refractivity contribution in [2.75, 3.05) is 13.1 Å². The summed E-state index contributed by atoms with van der Waals surface area (Å²) in [5.74, 6) is -2.73. The Morgan fingerprint density at radius 2 is 1.90 bits per heavy atom. The fraction of sp³-hybridized carbons (Fsp3) is 0.500. The Hall–Kier alpha value is -1.95. The van der Waals surface area contributed by atoms with E-state index in [0.29, 0.717) is 0 Å². The van der Waals surface area contributed by atoms with Crippen LogP contribution in [0.1, 0.15) is 25.3 Å². The molecule has 0 aromatic carbocycles. The lowest BCUT2D eigenvalue weighted by Gasteiger charge is -2.29. The molecule has 110 valence electrons. The molecule has 1 aliphatic rings. The summed E-state index contributed by atoms with van der Waals surface area (Å²) in [5, 5.41) is 14.8. The number of rotatable bonds is 2. The number of nitrogens with zero attached hydrogens (tertiary/aromatic N) is 2. The zero-order chi connectivity index (χ0) is 15.0. The number of carbonyl (C=O) groups is 2. The third-order valence-electron chi connectivity index (χ3n) is 3.19. The molecule has 1 aromatic heterocycles.